The van der Waals surface area contributed by atoms with Crippen LogP contribution in [-0.2, 0) is 4.74 Å². The molecule has 0 aromatic heterocycles. The highest BCUT2D eigenvalue weighted by Gasteiger charge is 1.85. The summed E-state index contributed by atoms with van der Waals surface area (Å²) in [6.07, 6.45) is 1.43. The molecule has 1 aliphatic heterocycles. The minimum Gasteiger partial charge on any atom is -0.481 e. The van der Waals surface area contributed by atoms with Crippen molar-refractivity contribution in [1.82, 2.24) is 0 Å². The first-order chi connectivity index (χ1) is 2.50. The lowest BCUT2D eigenvalue weighted by Gasteiger charge is -1.75. The Labute approximate surface area is 30.5 Å². The van der Waals surface area contributed by atoms with Crippen LogP contribution in [0, 0.1) is 6.54 Å². The van der Waals surface area contributed by atoms with Crippen molar-refractivity contribution in [2.24, 2.45) is 4.99 Å². The highest BCUT2D eigenvalue weighted by molar-refractivity contribution is 5.49. The summed E-state index contributed by atoms with van der Waals surface area (Å²) in [6, 6.07) is 0. The maximum Gasteiger partial charge on any atom is 0.169 e. The van der Waals surface area contributed by atoms with Gasteiger partial charge in [-0.2, -0.15) is 0 Å². The van der Waals surface area contributed by atoms with E-state index in [1.807, 2.05) is 0 Å². The second kappa shape index (κ2) is 1.06. The molecule has 2 nitrogen and oxygen atoms in total. The Hall–Kier alpha value is -0.530. The van der Waals surface area contributed by atoms with Crippen LogP contribution < -0.4 is 0 Å². The van der Waals surface area contributed by atoms with Crippen molar-refractivity contribution in [1.29, 1.82) is 0 Å². The first kappa shape index (κ1) is 2.69. The van der Waals surface area contributed by atoms with Gasteiger partial charge in [-0.25, -0.2) is 4.99 Å². The van der Waals surface area contributed by atoms with Gasteiger partial charge in [0, 0.05) is 0 Å². The molecule has 2 heteroatoms. The van der Waals surface area contributed by atoms with Crippen molar-refractivity contribution < 1.29 is 4.74 Å². The summed E-state index contributed by atoms with van der Waals surface area (Å²) in [5.41, 5.74) is 0. The van der Waals surface area contributed by atoms with E-state index in [2.05, 4.69) is 9.73 Å². The fourth-order valence-electron chi connectivity index (χ4n) is 0.215. The second-order valence-corrected chi connectivity index (χ2v) is 0.770. The summed E-state index contributed by atoms with van der Waals surface area (Å²) >= 11 is 0. The van der Waals surface area contributed by atoms with Gasteiger partial charge >= 0.3 is 0 Å². The smallest absolute Gasteiger partial charge is 0.169 e. The summed E-state index contributed by atoms with van der Waals surface area (Å²) in [4.78, 5) is 3.61. The molecule has 1 aliphatic rings. The van der Waals surface area contributed by atoms with Gasteiger partial charge in [0.15, 0.2) is 6.40 Å². The normalized spacial score (nSPS) is 19.2. The second-order valence-electron chi connectivity index (χ2n) is 0.770. The number of aliphatic imine (C=N–C) groups is 1. The molecule has 0 saturated heterocycles. The van der Waals surface area contributed by atoms with Gasteiger partial charge in [-0.1, -0.05) is 0 Å². The Bertz CT molecular complexity index is 44.9. The van der Waals surface area contributed by atoms with E-state index in [0.29, 0.717) is 6.61 Å². The van der Waals surface area contributed by atoms with Crippen molar-refractivity contribution in [3.63, 3.8) is 0 Å². The summed E-state index contributed by atoms with van der Waals surface area (Å²) in [7, 11) is 0. The van der Waals surface area contributed by atoms with Gasteiger partial charge in [-0.3, -0.25) is 0 Å². The molecule has 0 saturated carbocycles. The van der Waals surface area contributed by atoms with E-state index in [1.54, 1.807) is 6.54 Å². The zero-order chi connectivity index (χ0) is 3.54. The highest BCUT2D eigenvalue weighted by atomic mass is 16.5. The van der Waals surface area contributed by atoms with Crippen LogP contribution in [0.15, 0.2) is 4.99 Å². The molecule has 1 rings (SSSR count). The van der Waals surface area contributed by atoms with Gasteiger partial charge in [-0.15, -0.1) is 0 Å². The molecule has 1 heterocycles. The molecular weight excluding hydrogens is 66.0 g/mol. The molecule has 0 atom stereocenters. The van der Waals surface area contributed by atoms with Crippen LogP contribution >= 0.6 is 0 Å². The van der Waals surface area contributed by atoms with Crippen molar-refractivity contribution in [3.05, 3.63) is 6.54 Å². The summed E-state index contributed by atoms with van der Waals surface area (Å²) < 4.78 is 4.60. The SMILES string of the molecule is [CH]1COC=N1. The third kappa shape index (κ3) is 0.375. The van der Waals surface area contributed by atoms with Gasteiger partial charge in [0.1, 0.15) is 13.2 Å². The molecule has 0 fully saturated rings. The Morgan fingerprint density at radius 1 is 1.80 bits per heavy atom. The van der Waals surface area contributed by atoms with Crippen LogP contribution in [0.25, 0.3) is 0 Å². The molecule has 0 spiro atoms. The van der Waals surface area contributed by atoms with Crippen molar-refractivity contribution in [2.75, 3.05) is 6.61 Å². The predicted octanol–water partition coefficient (Wildman–Crippen LogP) is 0.207. The monoisotopic (exact) mass is 70.0 g/mol. The van der Waals surface area contributed by atoms with E-state index in [9.17, 15) is 0 Å². The number of hydrogen-bond acceptors (Lipinski definition) is 2. The van der Waals surface area contributed by atoms with Crippen LogP contribution in [0.2, 0.25) is 0 Å². The zero-order valence-electron chi connectivity index (χ0n) is 2.72. The Kier molecular flexibility index (Phi) is 0.571. The first-order valence-electron chi connectivity index (χ1n) is 1.45. The van der Waals surface area contributed by atoms with E-state index in [-0.39, 0.29) is 0 Å². The molecule has 1 radical (unpaired) electrons. The number of nitrogens with zero attached hydrogens (tertiary/aromatic N) is 1. The van der Waals surface area contributed by atoms with E-state index in [4.69, 9.17) is 0 Å². The number of hydrogen-bond donors (Lipinski definition) is 0. The first-order valence-corrected chi connectivity index (χ1v) is 1.45. The van der Waals surface area contributed by atoms with Gasteiger partial charge in [-0.05, 0) is 0 Å². The molecule has 0 unspecified atom stereocenters. The lowest BCUT2D eigenvalue weighted by Crippen LogP contribution is -1.75. The summed E-state index contributed by atoms with van der Waals surface area (Å²) in [5, 5.41) is 0. The predicted molar refractivity (Wildman–Crippen MR) is 18.7 cm³/mol. The van der Waals surface area contributed by atoms with Crippen molar-refractivity contribution in [3.8, 4) is 0 Å². The Morgan fingerprint density at radius 3 is 3.00 bits per heavy atom. The quantitative estimate of drug-likeness (QED) is 0.399. The highest BCUT2D eigenvalue weighted by Crippen LogP contribution is 1.85. The average molecular weight is 70.1 g/mol. The largest absolute Gasteiger partial charge is 0.481 e. The van der Waals surface area contributed by atoms with Crippen molar-refractivity contribution in [2.45, 2.75) is 0 Å². The molecule has 0 N–H and O–H groups in total. The van der Waals surface area contributed by atoms with E-state index in [1.165, 1.54) is 6.40 Å². The Balaban J connectivity index is 2.32. The molecule has 0 aromatic rings. The molecule has 0 bridgehead atoms. The summed E-state index contributed by atoms with van der Waals surface area (Å²) in [5.74, 6) is 0. The van der Waals surface area contributed by atoms with Crippen LogP contribution in [0.4, 0.5) is 0 Å². The lowest BCUT2D eigenvalue weighted by molar-refractivity contribution is 0.376. The summed E-state index contributed by atoms with van der Waals surface area (Å²) in [6.45, 7) is 2.36. The molecular formula is C3H4NO. The molecule has 0 aliphatic carbocycles. The van der Waals surface area contributed by atoms with Crippen LogP contribution in [0.3, 0.4) is 0 Å². The van der Waals surface area contributed by atoms with Crippen LogP contribution in [0.5, 0.6) is 0 Å². The molecule has 5 heavy (non-hydrogen) atoms. The van der Waals surface area contributed by atoms with Gasteiger partial charge < -0.3 is 4.74 Å². The average Bonchev–Trinajstić information content (AvgIpc) is 1.76. The number of rotatable bonds is 0. The van der Waals surface area contributed by atoms with Crippen LogP contribution in [-0.4, -0.2) is 13.0 Å². The maximum atomic E-state index is 4.60. The fourth-order valence-corrected chi connectivity index (χ4v) is 0.215. The van der Waals surface area contributed by atoms with Gasteiger partial charge in [0.05, 0.1) is 0 Å². The van der Waals surface area contributed by atoms with Crippen molar-refractivity contribution >= 4 is 6.40 Å². The minimum atomic E-state index is 0.653. The van der Waals surface area contributed by atoms with Gasteiger partial charge in [0.2, 0.25) is 0 Å². The minimum absolute atomic E-state index is 0.653. The molecule has 0 amide bonds. The molecule has 27 valence electrons. The third-order valence-electron chi connectivity index (χ3n) is 0.412. The molecule has 0 aromatic carbocycles. The van der Waals surface area contributed by atoms with E-state index < -0.39 is 0 Å². The van der Waals surface area contributed by atoms with E-state index >= 15 is 0 Å². The fraction of sp³-hybridized carbons (Fsp3) is 0.333. The standard InChI is InChI=1S/C3H4NO/c1-2-5-3-4-1/h1,3H,2H2. The van der Waals surface area contributed by atoms with E-state index in [0.717, 1.165) is 0 Å². The maximum absolute atomic E-state index is 4.60. The van der Waals surface area contributed by atoms with Gasteiger partial charge in [0.25, 0.3) is 0 Å². The lowest BCUT2D eigenvalue weighted by atomic mass is 10.8. The Morgan fingerprint density at radius 2 is 2.80 bits per heavy atom. The number of ether oxygens (including phenoxy) is 1. The topological polar surface area (TPSA) is 21.6 Å². The van der Waals surface area contributed by atoms with Crippen LogP contribution in [0.1, 0.15) is 0 Å². The third-order valence-corrected chi connectivity index (χ3v) is 0.412. The zero-order valence-corrected chi connectivity index (χ0v) is 2.72.